The first-order chi connectivity index (χ1) is 10.1. The average Bonchev–Trinajstić information content (AvgIpc) is 2.36. The number of esters is 1. The van der Waals surface area contributed by atoms with E-state index >= 15 is 0 Å². The van der Waals surface area contributed by atoms with Gasteiger partial charge in [-0.25, -0.2) is 4.39 Å². The maximum Gasteiger partial charge on any atom is 0.573 e. The molecule has 22 heavy (non-hydrogen) atoms. The van der Waals surface area contributed by atoms with E-state index in [1.807, 2.05) is 0 Å². The van der Waals surface area contributed by atoms with Crippen LogP contribution < -0.4 is 4.74 Å². The molecule has 5 nitrogen and oxygen atoms in total. The van der Waals surface area contributed by atoms with E-state index in [0.29, 0.717) is 6.07 Å². The van der Waals surface area contributed by atoms with Crippen molar-refractivity contribution in [3.8, 4) is 5.75 Å². The second kappa shape index (κ2) is 7.41. The Bertz CT molecular complexity index is 518. The van der Waals surface area contributed by atoms with Crippen molar-refractivity contribution < 1.29 is 42.0 Å². The molecule has 1 rings (SSSR count). The molecule has 2 N–H and O–H groups in total. The third-order valence-corrected chi connectivity index (χ3v) is 2.57. The summed E-state index contributed by atoms with van der Waals surface area (Å²) in [6, 6.07) is 2.03. The molecular formula is C13H14F4O5. The topological polar surface area (TPSA) is 76.0 Å². The summed E-state index contributed by atoms with van der Waals surface area (Å²) < 4.78 is 57.7. The van der Waals surface area contributed by atoms with Gasteiger partial charge in [0.15, 0.2) is 0 Å². The summed E-state index contributed by atoms with van der Waals surface area (Å²) in [7, 11) is 0. The van der Waals surface area contributed by atoms with Gasteiger partial charge in [-0.2, -0.15) is 0 Å². The van der Waals surface area contributed by atoms with Crippen molar-refractivity contribution in [2.75, 3.05) is 6.61 Å². The van der Waals surface area contributed by atoms with Crippen molar-refractivity contribution in [3.63, 3.8) is 0 Å². The van der Waals surface area contributed by atoms with E-state index < -0.39 is 48.1 Å². The summed E-state index contributed by atoms with van der Waals surface area (Å²) in [4.78, 5) is 11.2. The first-order valence-corrected chi connectivity index (χ1v) is 6.21. The number of hydrogen-bond acceptors (Lipinski definition) is 5. The van der Waals surface area contributed by atoms with Crippen molar-refractivity contribution >= 4 is 5.97 Å². The van der Waals surface area contributed by atoms with Crippen molar-refractivity contribution in [1.29, 1.82) is 0 Å². The second-order valence-electron chi connectivity index (χ2n) is 4.25. The number of hydrogen-bond donors (Lipinski definition) is 2. The Labute approximate surface area is 123 Å². The second-order valence-corrected chi connectivity index (χ2v) is 4.25. The van der Waals surface area contributed by atoms with Gasteiger partial charge in [-0.05, 0) is 19.1 Å². The zero-order valence-electron chi connectivity index (χ0n) is 11.4. The van der Waals surface area contributed by atoms with Gasteiger partial charge in [0.05, 0.1) is 19.1 Å². The molecule has 9 heteroatoms. The van der Waals surface area contributed by atoms with Crippen molar-refractivity contribution in [2.24, 2.45) is 0 Å². The number of alkyl halides is 3. The summed E-state index contributed by atoms with van der Waals surface area (Å²) in [6.07, 6.45) is -9.03. The molecule has 0 heterocycles. The van der Waals surface area contributed by atoms with Gasteiger partial charge >= 0.3 is 12.3 Å². The molecule has 0 saturated carbocycles. The van der Waals surface area contributed by atoms with Crippen LogP contribution in [-0.4, -0.2) is 35.3 Å². The third kappa shape index (κ3) is 5.49. The molecule has 2 atom stereocenters. The number of aliphatic hydroxyl groups excluding tert-OH is 2. The molecule has 124 valence electrons. The van der Waals surface area contributed by atoms with Crippen LogP contribution in [0.4, 0.5) is 17.6 Å². The van der Waals surface area contributed by atoms with Crippen LogP contribution in [-0.2, 0) is 9.53 Å². The van der Waals surface area contributed by atoms with Gasteiger partial charge < -0.3 is 19.7 Å². The highest BCUT2D eigenvalue weighted by Gasteiger charge is 2.32. The number of ether oxygens (including phenoxy) is 2. The summed E-state index contributed by atoms with van der Waals surface area (Å²) in [5.41, 5.74) is -0.466. The standard InChI is InChI=1S/C13H14F4O5/c1-2-21-11(19)6-10(18)12(20)8-4-3-7(5-9(8)14)22-13(15,16)17/h3-5,10,12,18,20H,2,6H2,1H3. The van der Waals surface area contributed by atoms with E-state index in [1.165, 1.54) is 0 Å². The highest BCUT2D eigenvalue weighted by molar-refractivity contribution is 5.70. The Balaban J connectivity index is 2.81. The molecule has 0 saturated heterocycles. The lowest BCUT2D eigenvalue weighted by atomic mass is 10.0. The lowest BCUT2D eigenvalue weighted by molar-refractivity contribution is -0.274. The van der Waals surface area contributed by atoms with E-state index in [1.54, 1.807) is 6.92 Å². The monoisotopic (exact) mass is 326 g/mol. The lowest BCUT2D eigenvalue weighted by Gasteiger charge is -2.18. The SMILES string of the molecule is CCOC(=O)CC(O)C(O)c1ccc(OC(F)(F)F)cc1F. The van der Waals surface area contributed by atoms with Crippen LogP contribution in [0.5, 0.6) is 5.75 Å². The highest BCUT2D eigenvalue weighted by Crippen LogP contribution is 2.28. The lowest BCUT2D eigenvalue weighted by Crippen LogP contribution is -2.24. The van der Waals surface area contributed by atoms with Gasteiger partial charge in [0.2, 0.25) is 0 Å². The molecule has 1 aromatic rings. The van der Waals surface area contributed by atoms with Gasteiger partial charge in [-0.1, -0.05) is 0 Å². The van der Waals surface area contributed by atoms with Gasteiger partial charge in [0, 0.05) is 11.6 Å². The van der Waals surface area contributed by atoms with E-state index in [2.05, 4.69) is 9.47 Å². The van der Waals surface area contributed by atoms with E-state index in [9.17, 15) is 32.6 Å². The molecule has 0 aliphatic carbocycles. The van der Waals surface area contributed by atoms with E-state index in [0.717, 1.165) is 12.1 Å². The number of carbonyl (C=O) groups is 1. The van der Waals surface area contributed by atoms with Crippen molar-refractivity contribution in [2.45, 2.75) is 31.9 Å². The minimum absolute atomic E-state index is 0.0689. The van der Waals surface area contributed by atoms with Crippen LogP contribution in [0, 0.1) is 5.82 Å². The van der Waals surface area contributed by atoms with Crippen LogP contribution >= 0.6 is 0 Å². The molecule has 1 aromatic carbocycles. The van der Waals surface area contributed by atoms with E-state index in [4.69, 9.17) is 0 Å². The van der Waals surface area contributed by atoms with Crippen LogP contribution in [0.1, 0.15) is 25.0 Å². The summed E-state index contributed by atoms with van der Waals surface area (Å²) >= 11 is 0. The maximum absolute atomic E-state index is 13.7. The van der Waals surface area contributed by atoms with E-state index in [-0.39, 0.29) is 6.61 Å². The minimum Gasteiger partial charge on any atom is -0.466 e. The summed E-state index contributed by atoms with van der Waals surface area (Å²) in [5, 5.41) is 19.4. The molecular weight excluding hydrogens is 312 g/mol. The molecule has 0 aliphatic heterocycles. The molecule has 0 spiro atoms. The number of rotatable bonds is 6. The Morgan fingerprint density at radius 2 is 1.95 bits per heavy atom. The van der Waals surface area contributed by atoms with Gasteiger partial charge in [-0.15, -0.1) is 13.2 Å². The number of benzene rings is 1. The van der Waals surface area contributed by atoms with Crippen LogP contribution in [0.15, 0.2) is 18.2 Å². The zero-order chi connectivity index (χ0) is 16.9. The zero-order valence-corrected chi connectivity index (χ0v) is 11.4. The third-order valence-electron chi connectivity index (χ3n) is 2.57. The fourth-order valence-corrected chi connectivity index (χ4v) is 1.65. The summed E-state index contributed by atoms with van der Waals surface area (Å²) in [5.74, 6) is -2.82. The Kier molecular flexibility index (Phi) is 6.12. The first-order valence-electron chi connectivity index (χ1n) is 6.21. The quantitative estimate of drug-likeness (QED) is 0.618. The van der Waals surface area contributed by atoms with Crippen molar-refractivity contribution in [3.05, 3.63) is 29.6 Å². The number of carbonyl (C=O) groups excluding carboxylic acids is 1. The van der Waals surface area contributed by atoms with Gasteiger partial charge in [0.1, 0.15) is 17.7 Å². The molecule has 0 bridgehead atoms. The Morgan fingerprint density at radius 3 is 2.45 bits per heavy atom. The first kappa shape index (κ1) is 18.2. The minimum atomic E-state index is -4.98. The predicted molar refractivity (Wildman–Crippen MR) is 65.3 cm³/mol. The maximum atomic E-state index is 13.7. The number of halogens is 4. The molecule has 0 amide bonds. The highest BCUT2D eigenvalue weighted by atomic mass is 19.4. The van der Waals surface area contributed by atoms with Crippen LogP contribution in [0.3, 0.4) is 0 Å². The molecule has 0 aliphatic rings. The normalized spacial score (nSPS) is 14.3. The smallest absolute Gasteiger partial charge is 0.466 e. The van der Waals surface area contributed by atoms with Gasteiger partial charge in [-0.3, -0.25) is 4.79 Å². The fourth-order valence-electron chi connectivity index (χ4n) is 1.65. The Hall–Kier alpha value is -1.87. The average molecular weight is 326 g/mol. The molecule has 0 aromatic heterocycles. The van der Waals surface area contributed by atoms with Crippen molar-refractivity contribution in [1.82, 2.24) is 0 Å². The Morgan fingerprint density at radius 1 is 1.32 bits per heavy atom. The molecule has 0 radical (unpaired) electrons. The molecule has 2 unspecified atom stereocenters. The largest absolute Gasteiger partial charge is 0.573 e. The predicted octanol–water partition coefficient (Wildman–Crippen LogP) is 2.07. The molecule has 0 fully saturated rings. The summed E-state index contributed by atoms with van der Waals surface area (Å²) in [6.45, 7) is 1.61. The van der Waals surface area contributed by atoms with Crippen LogP contribution in [0.2, 0.25) is 0 Å². The van der Waals surface area contributed by atoms with Crippen LogP contribution in [0.25, 0.3) is 0 Å². The van der Waals surface area contributed by atoms with Gasteiger partial charge in [0.25, 0.3) is 0 Å². The number of aliphatic hydroxyl groups is 2. The fraction of sp³-hybridized carbons (Fsp3) is 0.462.